The quantitative estimate of drug-likeness (QED) is 0.839. The number of nitrogens with one attached hydrogen (secondary N) is 1. The lowest BCUT2D eigenvalue weighted by Crippen LogP contribution is -2.29. The van der Waals surface area contributed by atoms with Gasteiger partial charge in [-0.3, -0.25) is 4.98 Å². The summed E-state index contributed by atoms with van der Waals surface area (Å²) in [4.78, 5) is 4.27. The predicted octanol–water partition coefficient (Wildman–Crippen LogP) is 3.84. The molecule has 0 aliphatic carbocycles. The van der Waals surface area contributed by atoms with E-state index < -0.39 is 0 Å². The third-order valence-corrected chi connectivity index (χ3v) is 3.03. The number of benzene rings is 1. The molecule has 0 atom stereocenters. The van der Waals surface area contributed by atoms with E-state index in [0.717, 1.165) is 12.1 Å². The van der Waals surface area contributed by atoms with Gasteiger partial charge in [0, 0.05) is 22.5 Å². The molecule has 1 aromatic heterocycles. The predicted molar refractivity (Wildman–Crippen MR) is 69.7 cm³/mol. The summed E-state index contributed by atoms with van der Waals surface area (Å²) in [6.45, 7) is 6.59. The maximum Gasteiger partial charge on any atom is 0.0610 e. The maximum absolute atomic E-state index is 4.27. The van der Waals surface area contributed by atoms with Crippen molar-refractivity contribution in [1.82, 2.24) is 4.98 Å². The van der Waals surface area contributed by atoms with Crippen molar-refractivity contribution in [3.63, 3.8) is 0 Å². The molecule has 0 radical (unpaired) electrons. The van der Waals surface area contributed by atoms with Crippen molar-refractivity contribution in [2.75, 3.05) is 5.32 Å². The lowest BCUT2D eigenvalue weighted by Gasteiger charge is -2.26. The molecule has 1 heterocycles. The van der Waals surface area contributed by atoms with Gasteiger partial charge in [-0.15, -0.1) is 0 Å². The summed E-state index contributed by atoms with van der Waals surface area (Å²) in [6.07, 6.45) is 4.88. The summed E-state index contributed by atoms with van der Waals surface area (Å²) in [5.74, 6) is 0. The Kier molecular flexibility index (Phi) is 2.82. The number of hydrogen-bond acceptors (Lipinski definition) is 2. The molecule has 2 rings (SSSR count). The molecule has 0 unspecified atom stereocenters. The molecule has 84 valence electrons. The summed E-state index contributed by atoms with van der Waals surface area (Å²) in [7, 11) is 0. The van der Waals surface area contributed by atoms with Crippen LogP contribution in [0.5, 0.6) is 0 Å². The monoisotopic (exact) mass is 214 g/mol. The minimum atomic E-state index is 0.103. The van der Waals surface area contributed by atoms with Gasteiger partial charge in [0.25, 0.3) is 0 Å². The molecule has 0 fully saturated rings. The lowest BCUT2D eigenvalue weighted by molar-refractivity contribution is 0.548. The second kappa shape index (κ2) is 4.12. The van der Waals surface area contributed by atoms with E-state index in [0.29, 0.717) is 0 Å². The number of anilines is 1. The Balaban J connectivity index is 2.45. The highest BCUT2D eigenvalue weighted by Crippen LogP contribution is 2.25. The van der Waals surface area contributed by atoms with Gasteiger partial charge in [0.2, 0.25) is 0 Å². The molecular formula is C14H18N2. The van der Waals surface area contributed by atoms with Crippen LogP contribution in [0, 0.1) is 0 Å². The van der Waals surface area contributed by atoms with E-state index in [1.54, 1.807) is 0 Å². The molecular weight excluding hydrogens is 196 g/mol. The van der Waals surface area contributed by atoms with Gasteiger partial charge in [-0.1, -0.05) is 31.2 Å². The van der Waals surface area contributed by atoms with E-state index in [4.69, 9.17) is 0 Å². The highest BCUT2D eigenvalue weighted by atomic mass is 15.0. The number of aromatic nitrogens is 1. The summed E-state index contributed by atoms with van der Waals surface area (Å²) < 4.78 is 0. The first-order valence-corrected chi connectivity index (χ1v) is 5.73. The van der Waals surface area contributed by atoms with Crippen molar-refractivity contribution in [2.45, 2.75) is 32.7 Å². The SMILES string of the molecule is CCC(C)(C)Nc1cncc2ccccc12. The first kappa shape index (κ1) is 10.9. The van der Waals surface area contributed by atoms with E-state index in [-0.39, 0.29) is 5.54 Å². The molecule has 2 aromatic rings. The van der Waals surface area contributed by atoms with E-state index in [2.05, 4.69) is 49.3 Å². The fraction of sp³-hybridized carbons (Fsp3) is 0.357. The van der Waals surface area contributed by atoms with Gasteiger partial charge in [0.15, 0.2) is 0 Å². The van der Waals surface area contributed by atoms with Crippen molar-refractivity contribution in [3.8, 4) is 0 Å². The van der Waals surface area contributed by atoms with E-state index >= 15 is 0 Å². The van der Waals surface area contributed by atoms with E-state index in [1.165, 1.54) is 10.8 Å². The second-order valence-corrected chi connectivity index (χ2v) is 4.77. The standard InChI is InChI=1S/C14H18N2/c1-4-14(2,3)16-13-10-15-9-11-7-5-6-8-12(11)13/h5-10,16H,4H2,1-3H3. The van der Waals surface area contributed by atoms with Crippen molar-refractivity contribution < 1.29 is 0 Å². The number of hydrogen-bond donors (Lipinski definition) is 1. The Bertz CT molecular complexity index is 484. The molecule has 0 spiro atoms. The smallest absolute Gasteiger partial charge is 0.0610 e. The molecule has 0 amide bonds. The van der Waals surface area contributed by atoms with Gasteiger partial charge < -0.3 is 5.32 Å². The van der Waals surface area contributed by atoms with Gasteiger partial charge in [-0.25, -0.2) is 0 Å². The van der Waals surface area contributed by atoms with Gasteiger partial charge in [0.1, 0.15) is 0 Å². The fourth-order valence-electron chi connectivity index (χ4n) is 1.67. The van der Waals surface area contributed by atoms with Gasteiger partial charge in [-0.05, 0) is 20.3 Å². The summed E-state index contributed by atoms with van der Waals surface area (Å²) in [6, 6.07) is 8.32. The number of nitrogens with zero attached hydrogens (tertiary/aromatic N) is 1. The fourth-order valence-corrected chi connectivity index (χ4v) is 1.67. The third kappa shape index (κ3) is 2.16. The molecule has 0 bridgehead atoms. The van der Waals surface area contributed by atoms with Crippen LogP contribution in [0.3, 0.4) is 0 Å². The van der Waals surface area contributed by atoms with Gasteiger partial charge in [0.05, 0.1) is 11.9 Å². The Labute approximate surface area is 96.7 Å². The number of fused-ring (bicyclic) bond motifs is 1. The Hall–Kier alpha value is -1.57. The summed E-state index contributed by atoms with van der Waals surface area (Å²) in [5.41, 5.74) is 1.22. The van der Waals surface area contributed by atoms with E-state index in [1.807, 2.05) is 18.5 Å². The van der Waals surface area contributed by atoms with Crippen LogP contribution in [0.15, 0.2) is 36.7 Å². The topological polar surface area (TPSA) is 24.9 Å². The molecule has 0 saturated heterocycles. The zero-order valence-electron chi connectivity index (χ0n) is 10.1. The van der Waals surface area contributed by atoms with Crippen LogP contribution in [-0.4, -0.2) is 10.5 Å². The zero-order chi connectivity index (χ0) is 11.6. The Morgan fingerprint density at radius 3 is 2.69 bits per heavy atom. The van der Waals surface area contributed by atoms with Gasteiger partial charge in [-0.2, -0.15) is 0 Å². The highest BCUT2D eigenvalue weighted by Gasteiger charge is 2.15. The summed E-state index contributed by atoms with van der Waals surface area (Å²) in [5, 5.41) is 5.96. The average Bonchev–Trinajstić information content (AvgIpc) is 2.29. The molecule has 0 aliphatic heterocycles. The van der Waals surface area contributed by atoms with Crippen LogP contribution >= 0.6 is 0 Å². The van der Waals surface area contributed by atoms with Gasteiger partial charge >= 0.3 is 0 Å². The maximum atomic E-state index is 4.27. The minimum Gasteiger partial charge on any atom is -0.378 e. The van der Waals surface area contributed by atoms with Crippen molar-refractivity contribution >= 4 is 16.5 Å². The second-order valence-electron chi connectivity index (χ2n) is 4.77. The third-order valence-electron chi connectivity index (χ3n) is 3.03. The normalized spacial score (nSPS) is 11.7. The van der Waals surface area contributed by atoms with Crippen molar-refractivity contribution in [2.24, 2.45) is 0 Å². The molecule has 1 aromatic carbocycles. The highest BCUT2D eigenvalue weighted by molar-refractivity contribution is 5.92. The van der Waals surface area contributed by atoms with Crippen LogP contribution in [0.2, 0.25) is 0 Å². The molecule has 16 heavy (non-hydrogen) atoms. The van der Waals surface area contributed by atoms with Crippen molar-refractivity contribution in [3.05, 3.63) is 36.7 Å². The molecule has 0 saturated carbocycles. The number of pyridine rings is 1. The van der Waals surface area contributed by atoms with Crippen molar-refractivity contribution in [1.29, 1.82) is 0 Å². The summed E-state index contributed by atoms with van der Waals surface area (Å²) >= 11 is 0. The van der Waals surface area contributed by atoms with E-state index in [9.17, 15) is 0 Å². The molecule has 0 aliphatic rings. The van der Waals surface area contributed by atoms with Crippen LogP contribution in [0.25, 0.3) is 10.8 Å². The zero-order valence-corrected chi connectivity index (χ0v) is 10.1. The van der Waals surface area contributed by atoms with Crippen LogP contribution < -0.4 is 5.32 Å². The van der Waals surface area contributed by atoms with Crippen LogP contribution in [0.1, 0.15) is 27.2 Å². The molecule has 2 heteroatoms. The van der Waals surface area contributed by atoms with Crippen LogP contribution in [-0.2, 0) is 0 Å². The molecule has 1 N–H and O–H groups in total. The lowest BCUT2D eigenvalue weighted by atomic mass is 10.0. The Morgan fingerprint density at radius 1 is 1.19 bits per heavy atom. The van der Waals surface area contributed by atoms with Crippen LogP contribution in [0.4, 0.5) is 5.69 Å². The first-order chi connectivity index (χ1) is 7.62. The minimum absolute atomic E-state index is 0.103. The first-order valence-electron chi connectivity index (χ1n) is 5.73. The Morgan fingerprint density at radius 2 is 1.94 bits per heavy atom. The average molecular weight is 214 g/mol. The number of rotatable bonds is 3. The molecule has 2 nitrogen and oxygen atoms in total. The largest absolute Gasteiger partial charge is 0.378 e.